The van der Waals surface area contributed by atoms with E-state index >= 15 is 0 Å². The lowest BCUT2D eigenvalue weighted by molar-refractivity contribution is -0.117. The van der Waals surface area contributed by atoms with Crippen LogP contribution < -0.4 is 15.4 Å². The second-order valence-electron chi connectivity index (χ2n) is 7.72. The molecule has 2 amide bonds. The first-order chi connectivity index (χ1) is 12.7. The van der Waals surface area contributed by atoms with Crippen LogP contribution in [0, 0.1) is 0 Å². The Balaban J connectivity index is 2.06. The summed E-state index contributed by atoms with van der Waals surface area (Å²) in [6.45, 7) is 7.60. The van der Waals surface area contributed by atoms with Gasteiger partial charge >= 0.3 is 0 Å². The summed E-state index contributed by atoms with van der Waals surface area (Å²) in [6.07, 6.45) is 3.85. The van der Waals surface area contributed by atoms with Crippen LogP contribution in [-0.2, 0) is 15.0 Å². The molecule has 1 aromatic heterocycles. The van der Waals surface area contributed by atoms with Crippen molar-refractivity contribution in [1.29, 1.82) is 0 Å². The number of aromatic nitrogens is 2. The van der Waals surface area contributed by atoms with Gasteiger partial charge in [0.05, 0.1) is 12.8 Å². The van der Waals surface area contributed by atoms with Crippen molar-refractivity contribution in [2.24, 2.45) is 0 Å². The van der Waals surface area contributed by atoms with E-state index in [-0.39, 0.29) is 29.6 Å². The third kappa shape index (κ3) is 3.92. The van der Waals surface area contributed by atoms with Crippen LogP contribution in [0.1, 0.15) is 57.0 Å². The molecule has 1 unspecified atom stereocenters. The maximum Gasteiger partial charge on any atom is 0.225 e. The molecule has 2 N–H and O–H groups in total. The summed E-state index contributed by atoms with van der Waals surface area (Å²) >= 11 is 0. The SMILES string of the molecule is COc1cc2c(cc1NC(C)=O)C(c1cnc(C(C)(C)C)nc1)CC(=O)N2. The maximum atomic E-state index is 12.2. The van der Waals surface area contributed by atoms with Gasteiger partial charge in [-0.3, -0.25) is 9.59 Å². The number of anilines is 2. The Morgan fingerprint density at radius 2 is 1.93 bits per heavy atom. The smallest absolute Gasteiger partial charge is 0.225 e. The molecule has 0 saturated carbocycles. The molecule has 0 spiro atoms. The number of amides is 2. The van der Waals surface area contributed by atoms with E-state index in [0.717, 1.165) is 17.0 Å². The molecule has 0 saturated heterocycles. The van der Waals surface area contributed by atoms with Gasteiger partial charge in [0.1, 0.15) is 11.6 Å². The number of rotatable bonds is 3. The second-order valence-corrected chi connectivity index (χ2v) is 7.72. The number of carbonyl (C=O) groups excluding carboxylic acids is 2. The standard InChI is InChI=1S/C20H24N4O3/c1-11(25)23-16-6-14-13(7-18(26)24-15(14)8-17(16)27-5)12-9-21-19(22-10-12)20(2,3)4/h6,8-10,13H,7H2,1-5H3,(H,23,25)(H,24,26). The van der Waals surface area contributed by atoms with Crippen LogP contribution in [0.4, 0.5) is 11.4 Å². The fraction of sp³-hybridized carbons (Fsp3) is 0.400. The Bertz CT molecular complexity index is 885. The van der Waals surface area contributed by atoms with Gasteiger partial charge in [0, 0.05) is 48.8 Å². The third-order valence-corrected chi connectivity index (χ3v) is 4.47. The molecule has 27 heavy (non-hydrogen) atoms. The number of hydrogen-bond donors (Lipinski definition) is 2. The largest absolute Gasteiger partial charge is 0.494 e. The minimum atomic E-state index is -0.193. The van der Waals surface area contributed by atoms with Crippen LogP contribution in [0.5, 0.6) is 5.75 Å². The molecular formula is C20H24N4O3. The topological polar surface area (TPSA) is 93.2 Å². The van der Waals surface area contributed by atoms with Gasteiger partial charge in [-0.25, -0.2) is 9.97 Å². The first kappa shape index (κ1) is 18.8. The number of fused-ring (bicyclic) bond motifs is 1. The summed E-state index contributed by atoms with van der Waals surface area (Å²) in [6, 6.07) is 3.58. The summed E-state index contributed by atoms with van der Waals surface area (Å²) < 4.78 is 5.35. The molecule has 0 fully saturated rings. The molecule has 2 aromatic rings. The molecule has 1 atom stereocenters. The van der Waals surface area contributed by atoms with Crippen molar-refractivity contribution in [3.05, 3.63) is 41.5 Å². The molecule has 1 aromatic carbocycles. The molecule has 7 heteroatoms. The molecule has 0 bridgehead atoms. The van der Waals surface area contributed by atoms with Crippen molar-refractivity contribution >= 4 is 23.2 Å². The first-order valence-corrected chi connectivity index (χ1v) is 8.81. The number of methoxy groups -OCH3 is 1. The predicted octanol–water partition coefficient (Wildman–Crippen LogP) is 3.22. The van der Waals surface area contributed by atoms with Crippen LogP contribution in [0.25, 0.3) is 0 Å². The minimum Gasteiger partial charge on any atom is -0.494 e. The van der Waals surface area contributed by atoms with E-state index in [1.54, 1.807) is 18.5 Å². The Labute approximate surface area is 158 Å². The molecule has 7 nitrogen and oxygen atoms in total. The highest BCUT2D eigenvalue weighted by Gasteiger charge is 2.29. The number of nitrogens with zero attached hydrogens (tertiary/aromatic N) is 2. The second kappa shape index (κ2) is 6.98. The minimum absolute atomic E-state index is 0.0817. The monoisotopic (exact) mass is 368 g/mol. The summed E-state index contributed by atoms with van der Waals surface area (Å²) in [7, 11) is 1.52. The van der Waals surface area contributed by atoms with E-state index in [0.29, 0.717) is 17.1 Å². The van der Waals surface area contributed by atoms with Gasteiger partial charge in [-0.05, 0) is 17.2 Å². The third-order valence-electron chi connectivity index (χ3n) is 4.47. The van der Waals surface area contributed by atoms with E-state index in [1.165, 1.54) is 14.0 Å². The fourth-order valence-corrected chi connectivity index (χ4v) is 3.15. The highest BCUT2D eigenvalue weighted by Crippen LogP contribution is 2.42. The number of ether oxygens (including phenoxy) is 1. The molecule has 2 heterocycles. The Hall–Kier alpha value is -2.96. The predicted molar refractivity (Wildman–Crippen MR) is 103 cm³/mol. The van der Waals surface area contributed by atoms with Crippen LogP contribution in [0.15, 0.2) is 24.5 Å². The average molecular weight is 368 g/mol. The Morgan fingerprint density at radius 3 is 2.48 bits per heavy atom. The normalized spacial score (nSPS) is 16.3. The van der Waals surface area contributed by atoms with Gasteiger partial charge in [0.25, 0.3) is 0 Å². The maximum absolute atomic E-state index is 12.2. The van der Waals surface area contributed by atoms with Crippen molar-refractivity contribution in [3.8, 4) is 5.75 Å². The highest BCUT2D eigenvalue weighted by atomic mass is 16.5. The number of nitrogens with one attached hydrogen (secondary N) is 2. The molecule has 0 aliphatic carbocycles. The Morgan fingerprint density at radius 1 is 1.26 bits per heavy atom. The molecule has 142 valence electrons. The highest BCUT2D eigenvalue weighted by molar-refractivity contribution is 5.97. The van der Waals surface area contributed by atoms with Crippen molar-refractivity contribution in [1.82, 2.24) is 9.97 Å². The summed E-state index contributed by atoms with van der Waals surface area (Å²) in [5, 5.41) is 5.66. The lowest BCUT2D eigenvalue weighted by Crippen LogP contribution is -2.24. The van der Waals surface area contributed by atoms with Gasteiger partial charge in [0.2, 0.25) is 11.8 Å². The lowest BCUT2D eigenvalue weighted by Gasteiger charge is -2.27. The average Bonchev–Trinajstić information content (AvgIpc) is 2.59. The van der Waals surface area contributed by atoms with Crippen molar-refractivity contribution in [3.63, 3.8) is 0 Å². The van der Waals surface area contributed by atoms with Gasteiger partial charge < -0.3 is 15.4 Å². The molecule has 1 aliphatic rings. The van der Waals surface area contributed by atoms with Gasteiger partial charge in [-0.15, -0.1) is 0 Å². The Kier molecular flexibility index (Phi) is 4.87. The molecule has 3 rings (SSSR count). The van der Waals surface area contributed by atoms with E-state index in [9.17, 15) is 9.59 Å². The van der Waals surface area contributed by atoms with Gasteiger partial charge in [-0.1, -0.05) is 20.8 Å². The van der Waals surface area contributed by atoms with E-state index < -0.39 is 0 Å². The summed E-state index contributed by atoms with van der Waals surface area (Å²) in [5.74, 6) is 0.773. The van der Waals surface area contributed by atoms with Gasteiger partial charge in [0.15, 0.2) is 0 Å². The van der Waals surface area contributed by atoms with E-state index in [1.807, 2.05) is 6.07 Å². The summed E-state index contributed by atoms with van der Waals surface area (Å²) in [5.41, 5.74) is 2.84. The van der Waals surface area contributed by atoms with Crippen LogP contribution in [-0.4, -0.2) is 28.9 Å². The van der Waals surface area contributed by atoms with E-state index in [2.05, 4.69) is 41.4 Å². The lowest BCUT2D eigenvalue weighted by atomic mass is 9.85. The molecular weight excluding hydrogens is 344 g/mol. The zero-order valence-corrected chi connectivity index (χ0v) is 16.2. The van der Waals surface area contributed by atoms with Gasteiger partial charge in [-0.2, -0.15) is 0 Å². The fourth-order valence-electron chi connectivity index (χ4n) is 3.15. The van der Waals surface area contributed by atoms with Crippen molar-refractivity contribution in [2.45, 2.75) is 45.4 Å². The zero-order valence-electron chi connectivity index (χ0n) is 16.2. The van der Waals surface area contributed by atoms with Crippen LogP contribution in [0.2, 0.25) is 0 Å². The van der Waals surface area contributed by atoms with E-state index in [4.69, 9.17) is 4.74 Å². The quantitative estimate of drug-likeness (QED) is 0.868. The molecule has 0 radical (unpaired) electrons. The van der Waals surface area contributed by atoms with Crippen LogP contribution >= 0.6 is 0 Å². The van der Waals surface area contributed by atoms with Crippen molar-refractivity contribution in [2.75, 3.05) is 17.7 Å². The number of hydrogen-bond acceptors (Lipinski definition) is 5. The zero-order chi connectivity index (χ0) is 19.8. The number of carbonyl (C=O) groups is 2. The van der Waals surface area contributed by atoms with Crippen molar-refractivity contribution < 1.29 is 14.3 Å². The van der Waals surface area contributed by atoms with Crippen LogP contribution in [0.3, 0.4) is 0 Å². The summed E-state index contributed by atoms with van der Waals surface area (Å²) in [4.78, 5) is 32.7. The first-order valence-electron chi connectivity index (χ1n) is 8.81. The molecule has 1 aliphatic heterocycles. The number of benzene rings is 1.